The molecule has 0 aromatic rings. The Morgan fingerprint density at radius 3 is 2.44 bits per heavy atom. The van der Waals surface area contributed by atoms with Crippen molar-refractivity contribution in [1.29, 1.82) is 0 Å². The van der Waals surface area contributed by atoms with E-state index in [2.05, 4.69) is 37.4 Å². The lowest BCUT2D eigenvalue weighted by Crippen LogP contribution is -2.41. The van der Waals surface area contributed by atoms with Gasteiger partial charge in [0.2, 0.25) is 0 Å². The zero-order valence-electron chi connectivity index (χ0n) is 12.4. The Bertz CT molecular complexity index is 309. The minimum atomic E-state index is 0.393. The Morgan fingerprint density at radius 1 is 1.33 bits per heavy atom. The van der Waals surface area contributed by atoms with Crippen LogP contribution in [0.5, 0.6) is 0 Å². The van der Waals surface area contributed by atoms with Gasteiger partial charge >= 0.3 is 0 Å². The number of nitrogens with zero attached hydrogens (tertiary/aromatic N) is 2. The maximum atomic E-state index is 4.22. The lowest BCUT2D eigenvalue weighted by atomic mass is 9.86. The van der Waals surface area contributed by atoms with E-state index in [0.29, 0.717) is 12.1 Å². The number of aliphatic imine (C=N–C) groups is 1. The molecule has 0 aliphatic heterocycles. The standard InChI is InChI=1S/C16H28N2/c1-6-15(12-17-7-2)14(4)18(5)16-10-8-13(3)9-11-16/h6-7,12-14,16H,1,8-11H2,2-5H3/b15-12+,17-7?. The molecule has 0 spiro atoms. The Hall–Kier alpha value is -0.890. The smallest absolute Gasteiger partial charge is 0.0334 e. The van der Waals surface area contributed by atoms with Gasteiger partial charge in [-0.3, -0.25) is 9.89 Å². The van der Waals surface area contributed by atoms with Crippen LogP contribution in [0.2, 0.25) is 0 Å². The monoisotopic (exact) mass is 248 g/mol. The first kappa shape index (κ1) is 15.2. The van der Waals surface area contributed by atoms with E-state index in [4.69, 9.17) is 0 Å². The van der Waals surface area contributed by atoms with E-state index in [1.54, 1.807) is 0 Å². The van der Waals surface area contributed by atoms with E-state index >= 15 is 0 Å². The third-order valence-electron chi connectivity index (χ3n) is 4.26. The molecule has 0 aromatic heterocycles. The van der Waals surface area contributed by atoms with Crippen LogP contribution in [0.3, 0.4) is 0 Å². The minimum Gasteiger partial charge on any atom is -0.297 e. The van der Waals surface area contributed by atoms with Crippen molar-refractivity contribution < 1.29 is 0 Å². The van der Waals surface area contributed by atoms with Gasteiger partial charge in [0.05, 0.1) is 0 Å². The van der Waals surface area contributed by atoms with Gasteiger partial charge in [-0.15, -0.1) is 0 Å². The summed E-state index contributed by atoms with van der Waals surface area (Å²) in [5.74, 6) is 0.907. The zero-order valence-corrected chi connectivity index (χ0v) is 12.4. The van der Waals surface area contributed by atoms with Crippen LogP contribution >= 0.6 is 0 Å². The Balaban J connectivity index is 2.64. The first-order valence-electron chi connectivity index (χ1n) is 7.12. The molecule has 1 aliphatic rings. The molecule has 0 heterocycles. The van der Waals surface area contributed by atoms with Gasteiger partial charge < -0.3 is 0 Å². The van der Waals surface area contributed by atoms with Crippen molar-refractivity contribution >= 4 is 6.21 Å². The van der Waals surface area contributed by atoms with Crippen LogP contribution in [0, 0.1) is 5.92 Å². The maximum Gasteiger partial charge on any atom is 0.0334 e. The second-order valence-corrected chi connectivity index (χ2v) is 5.50. The summed E-state index contributed by atoms with van der Waals surface area (Å²) in [5, 5.41) is 0. The number of likely N-dealkylation sites (N-methyl/N-ethyl adjacent to an activating group) is 1. The molecule has 0 aromatic carbocycles. The van der Waals surface area contributed by atoms with Crippen molar-refractivity contribution in [1.82, 2.24) is 4.90 Å². The lowest BCUT2D eigenvalue weighted by molar-refractivity contribution is 0.147. The fourth-order valence-corrected chi connectivity index (χ4v) is 2.69. The Morgan fingerprint density at radius 2 is 1.94 bits per heavy atom. The molecule has 0 radical (unpaired) electrons. The normalized spacial score (nSPS) is 27.7. The molecule has 2 heteroatoms. The average Bonchev–Trinajstić information content (AvgIpc) is 2.39. The largest absolute Gasteiger partial charge is 0.297 e. The molecule has 0 amide bonds. The van der Waals surface area contributed by atoms with E-state index in [9.17, 15) is 0 Å². The third-order valence-corrected chi connectivity index (χ3v) is 4.26. The molecule has 18 heavy (non-hydrogen) atoms. The molecule has 1 unspecified atom stereocenters. The van der Waals surface area contributed by atoms with Gasteiger partial charge in [-0.1, -0.05) is 19.6 Å². The molecule has 2 nitrogen and oxygen atoms in total. The Kier molecular flexibility index (Phi) is 6.34. The molecule has 0 bridgehead atoms. The molecule has 1 rings (SSSR count). The van der Waals surface area contributed by atoms with E-state index < -0.39 is 0 Å². The number of hydrogen-bond donors (Lipinski definition) is 0. The summed E-state index contributed by atoms with van der Waals surface area (Å²) < 4.78 is 0. The highest BCUT2D eigenvalue weighted by Crippen LogP contribution is 2.28. The molecule has 1 atom stereocenters. The SMILES string of the molecule is C=C/C(=C\N=CC)C(C)N(C)C1CCC(C)CC1. The summed E-state index contributed by atoms with van der Waals surface area (Å²) in [6.07, 6.45) is 11.1. The van der Waals surface area contributed by atoms with Crippen LogP contribution in [0.25, 0.3) is 0 Å². The van der Waals surface area contributed by atoms with Gasteiger partial charge in [-0.05, 0) is 58.1 Å². The summed E-state index contributed by atoms with van der Waals surface area (Å²) in [5.41, 5.74) is 1.20. The summed E-state index contributed by atoms with van der Waals surface area (Å²) in [7, 11) is 2.23. The topological polar surface area (TPSA) is 15.6 Å². The van der Waals surface area contributed by atoms with Crippen molar-refractivity contribution in [2.24, 2.45) is 10.9 Å². The minimum absolute atomic E-state index is 0.393. The van der Waals surface area contributed by atoms with Crippen molar-refractivity contribution in [2.45, 2.75) is 58.5 Å². The molecule has 102 valence electrons. The molecular weight excluding hydrogens is 220 g/mol. The molecule has 1 aliphatic carbocycles. The fourth-order valence-electron chi connectivity index (χ4n) is 2.69. The van der Waals surface area contributed by atoms with Gasteiger partial charge in [0, 0.05) is 24.5 Å². The number of hydrogen-bond acceptors (Lipinski definition) is 2. The van der Waals surface area contributed by atoms with Crippen LogP contribution in [-0.2, 0) is 0 Å². The second kappa shape index (κ2) is 7.52. The second-order valence-electron chi connectivity index (χ2n) is 5.50. The quantitative estimate of drug-likeness (QED) is 0.529. The van der Waals surface area contributed by atoms with E-state index in [1.165, 1.54) is 31.3 Å². The van der Waals surface area contributed by atoms with Gasteiger partial charge in [-0.25, -0.2) is 0 Å². The van der Waals surface area contributed by atoms with Crippen LogP contribution in [-0.4, -0.2) is 30.2 Å². The first-order valence-corrected chi connectivity index (χ1v) is 7.12. The first-order chi connectivity index (χ1) is 8.60. The molecular formula is C16H28N2. The average molecular weight is 248 g/mol. The predicted molar refractivity (Wildman–Crippen MR) is 81.1 cm³/mol. The highest BCUT2D eigenvalue weighted by atomic mass is 15.2. The van der Waals surface area contributed by atoms with Gasteiger partial charge in [-0.2, -0.15) is 0 Å². The van der Waals surface area contributed by atoms with Crippen molar-refractivity contribution in [3.05, 3.63) is 24.4 Å². The van der Waals surface area contributed by atoms with Gasteiger partial charge in [0.15, 0.2) is 0 Å². The molecule has 0 saturated heterocycles. The maximum absolute atomic E-state index is 4.22. The van der Waals surface area contributed by atoms with Crippen molar-refractivity contribution in [3.63, 3.8) is 0 Å². The highest BCUT2D eigenvalue weighted by Gasteiger charge is 2.25. The van der Waals surface area contributed by atoms with Crippen LogP contribution in [0.4, 0.5) is 0 Å². The highest BCUT2D eigenvalue weighted by molar-refractivity contribution is 5.54. The van der Waals surface area contributed by atoms with Gasteiger partial charge in [0.1, 0.15) is 0 Å². The zero-order chi connectivity index (χ0) is 13.5. The molecule has 0 N–H and O–H groups in total. The van der Waals surface area contributed by atoms with Crippen LogP contribution < -0.4 is 0 Å². The summed E-state index contributed by atoms with van der Waals surface area (Å²) >= 11 is 0. The van der Waals surface area contributed by atoms with Crippen molar-refractivity contribution in [3.8, 4) is 0 Å². The Labute approximate surface area is 112 Å². The predicted octanol–water partition coefficient (Wildman–Crippen LogP) is 4.05. The lowest BCUT2D eigenvalue weighted by Gasteiger charge is -2.37. The van der Waals surface area contributed by atoms with Crippen molar-refractivity contribution in [2.75, 3.05) is 7.05 Å². The third kappa shape index (κ3) is 4.09. The summed E-state index contributed by atoms with van der Waals surface area (Å²) in [6.45, 7) is 10.5. The van der Waals surface area contributed by atoms with Crippen LogP contribution in [0.1, 0.15) is 46.5 Å². The molecule has 1 fully saturated rings. The number of rotatable bonds is 5. The summed E-state index contributed by atoms with van der Waals surface area (Å²) in [6, 6.07) is 1.11. The van der Waals surface area contributed by atoms with Gasteiger partial charge in [0.25, 0.3) is 0 Å². The van der Waals surface area contributed by atoms with E-state index in [0.717, 1.165) is 5.92 Å². The van der Waals surface area contributed by atoms with Crippen LogP contribution in [0.15, 0.2) is 29.4 Å². The molecule has 1 saturated carbocycles. The van der Waals surface area contributed by atoms with E-state index in [1.807, 2.05) is 25.4 Å². The summed E-state index contributed by atoms with van der Waals surface area (Å²) in [4.78, 5) is 6.71. The van der Waals surface area contributed by atoms with E-state index in [-0.39, 0.29) is 0 Å². The fraction of sp³-hybridized carbons (Fsp3) is 0.688.